The van der Waals surface area contributed by atoms with Gasteiger partial charge in [0.05, 0.1) is 0 Å². The normalized spacial score (nSPS) is 18.4. The largest absolute Gasteiger partial charge is 0.385 e. The summed E-state index contributed by atoms with van der Waals surface area (Å²) < 4.78 is 7.71. The summed E-state index contributed by atoms with van der Waals surface area (Å²) in [5.41, 5.74) is 0.331. The molecule has 0 atom stereocenters. The highest BCUT2D eigenvalue weighted by molar-refractivity contribution is 14.0. The van der Waals surface area contributed by atoms with Crippen LogP contribution in [0.25, 0.3) is 0 Å². The number of nitrogens with zero attached hydrogens (tertiary/aromatic N) is 4. The van der Waals surface area contributed by atoms with E-state index in [9.17, 15) is 0 Å². The fourth-order valence-corrected chi connectivity index (χ4v) is 4.70. The summed E-state index contributed by atoms with van der Waals surface area (Å²) in [7, 11) is 1.80. The Balaban J connectivity index is 0.00000320. The molecule has 0 saturated heterocycles. The van der Waals surface area contributed by atoms with Gasteiger partial charge in [-0.25, -0.2) is 0 Å². The molecule has 1 fully saturated rings. The van der Waals surface area contributed by atoms with Crippen LogP contribution < -0.4 is 10.6 Å². The lowest BCUT2D eigenvalue weighted by Crippen LogP contribution is -2.39. The molecule has 0 aromatic carbocycles. The number of halogens is 1. The number of hydrogen-bond donors (Lipinski definition) is 2. The van der Waals surface area contributed by atoms with E-state index in [0.717, 1.165) is 70.3 Å². The van der Waals surface area contributed by atoms with Gasteiger partial charge in [-0.3, -0.25) is 4.99 Å². The molecule has 1 aliphatic heterocycles. The van der Waals surface area contributed by atoms with Crippen molar-refractivity contribution in [3.05, 3.63) is 11.6 Å². The van der Waals surface area contributed by atoms with Crippen molar-refractivity contribution < 1.29 is 4.74 Å². The first-order chi connectivity index (χ1) is 14.3. The predicted molar refractivity (Wildman–Crippen MR) is 133 cm³/mol. The molecule has 7 nitrogen and oxygen atoms in total. The van der Waals surface area contributed by atoms with E-state index < -0.39 is 0 Å². The number of rotatable bonds is 10. The van der Waals surface area contributed by atoms with Crippen molar-refractivity contribution in [2.24, 2.45) is 10.4 Å². The van der Waals surface area contributed by atoms with Crippen molar-refractivity contribution in [3.63, 3.8) is 0 Å². The standard InChI is InChI=1S/C22H40N6O.HI/c1-3-23-21(25-18-22(14-17-29-2)12-6-7-13-22)24-15-9-11-20-27-26-19-10-5-4-8-16-28(19)20;/h3-18H2,1-2H3,(H2,23,24,25);1H. The molecule has 8 heteroatoms. The minimum atomic E-state index is 0. The first-order valence-corrected chi connectivity index (χ1v) is 11.7. The highest BCUT2D eigenvalue weighted by Gasteiger charge is 2.33. The predicted octanol–water partition coefficient (Wildman–Crippen LogP) is 3.71. The average Bonchev–Trinajstić information content (AvgIpc) is 3.28. The molecular formula is C22H41IN6O. The molecule has 172 valence electrons. The molecule has 2 heterocycles. The third-order valence-electron chi connectivity index (χ3n) is 6.47. The topological polar surface area (TPSA) is 76.4 Å². The van der Waals surface area contributed by atoms with Crippen LogP contribution in [-0.4, -0.2) is 54.1 Å². The fraction of sp³-hybridized carbons (Fsp3) is 0.864. The van der Waals surface area contributed by atoms with Gasteiger partial charge in [-0.1, -0.05) is 19.3 Å². The quantitative estimate of drug-likeness (QED) is 0.208. The summed E-state index contributed by atoms with van der Waals surface area (Å²) in [4.78, 5) is 4.94. The highest BCUT2D eigenvalue weighted by Crippen LogP contribution is 2.41. The second-order valence-corrected chi connectivity index (χ2v) is 8.67. The zero-order valence-electron chi connectivity index (χ0n) is 18.9. The van der Waals surface area contributed by atoms with Crippen LogP contribution >= 0.6 is 24.0 Å². The number of fused-ring (bicyclic) bond motifs is 1. The molecule has 2 aliphatic rings. The van der Waals surface area contributed by atoms with Gasteiger partial charge in [0, 0.05) is 52.7 Å². The van der Waals surface area contributed by atoms with Gasteiger partial charge in [0.2, 0.25) is 0 Å². The van der Waals surface area contributed by atoms with Crippen LogP contribution in [0.15, 0.2) is 4.99 Å². The minimum absolute atomic E-state index is 0. The van der Waals surface area contributed by atoms with Crippen molar-refractivity contribution in [2.75, 3.05) is 33.4 Å². The van der Waals surface area contributed by atoms with E-state index in [-0.39, 0.29) is 24.0 Å². The summed E-state index contributed by atoms with van der Waals surface area (Å²) in [6.45, 7) is 6.72. The Bertz CT molecular complexity index is 642. The zero-order chi connectivity index (χ0) is 20.4. The number of aryl methyl sites for hydroxylation is 2. The van der Waals surface area contributed by atoms with Gasteiger partial charge in [-0.15, -0.1) is 34.2 Å². The molecule has 1 aromatic heterocycles. The van der Waals surface area contributed by atoms with E-state index in [2.05, 4.69) is 32.3 Å². The molecule has 0 bridgehead atoms. The van der Waals surface area contributed by atoms with Crippen LogP contribution in [0.4, 0.5) is 0 Å². The van der Waals surface area contributed by atoms with E-state index >= 15 is 0 Å². The van der Waals surface area contributed by atoms with Gasteiger partial charge in [0.1, 0.15) is 11.6 Å². The molecular weight excluding hydrogens is 491 g/mol. The van der Waals surface area contributed by atoms with Gasteiger partial charge in [0.15, 0.2) is 5.96 Å². The second kappa shape index (κ2) is 13.5. The lowest BCUT2D eigenvalue weighted by Gasteiger charge is -2.27. The molecule has 0 radical (unpaired) electrons. The third kappa shape index (κ3) is 7.35. The van der Waals surface area contributed by atoms with Crippen LogP contribution in [0.1, 0.15) is 76.4 Å². The van der Waals surface area contributed by atoms with Gasteiger partial charge < -0.3 is 19.9 Å². The Labute approximate surface area is 199 Å². The number of methoxy groups -OCH3 is 1. The lowest BCUT2D eigenvalue weighted by molar-refractivity contribution is 0.141. The maximum Gasteiger partial charge on any atom is 0.191 e. The number of ether oxygens (including phenoxy) is 1. The van der Waals surface area contributed by atoms with Crippen molar-refractivity contribution in [2.45, 2.75) is 84.1 Å². The van der Waals surface area contributed by atoms with Crippen LogP contribution in [0.5, 0.6) is 0 Å². The minimum Gasteiger partial charge on any atom is -0.385 e. The average molecular weight is 533 g/mol. The molecule has 30 heavy (non-hydrogen) atoms. The maximum absolute atomic E-state index is 5.35. The number of aromatic nitrogens is 3. The van der Waals surface area contributed by atoms with Crippen LogP contribution in [-0.2, 0) is 24.1 Å². The Hall–Kier alpha value is -0.900. The number of aliphatic imine (C=N–C) groups is 1. The van der Waals surface area contributed by atoms with Gasteiger partial charge in [0.25, 0.3) is 0 Å². The van der Waals surface area contributed by atoms with E-state index in [0.29, 0.717) is 5.41 Å². The second-order valence-electron chi connectivity index (χ2n) is 8.67. The SMILES string of the molecule is CCNC(=NCC1(CCOC)CCCC1)NCCCc1nnc2n1CCCCC2.I. The van der Waals surface area contributed by atoms with Gasteiger partial charge >= 0.3 is 0 Å². The third-order valence-corrected chi connectivity index (χ3v) is 6.47. The molecule has 0 unspecified atom stereocenters. The van der Waals surface area contributed by atoms with Crippen molar-refractivity contribution in [1.29, 1.82) is 0 Å². The summed E-state index contributed by atoms with van der Waals surface area (Å²) >= 11 is 0. The number of nitrogens with one attached hydrogen (secondary N) is 2. The van der Waals surface area contributed by atoms with Crippen LogP contribution in [0, 0.1) is 5.41 Å². The highest BCUT2D eigenvalue weighted by atomic mass is 127. The summed E-state index contributed by atoms with van der Waals surface area (Å²) in [5, 5.41) is 15.8. The van der Waals surface area contributed by atoms with Crippen molar-refractivity contribution in [1.82, 2.24) is 25.4 Å². The van der Waals surface area contributed by atoms with E-state index in [1.165, 1.54) is 50.8 Å². The van der Waals surface area contributed by atoms with E-state index in [1.54, 1.807) is 7.11 Å². The molecule has 0 spiro atoms. The summed E-state index contributed by atoms with van der Waals surface area (Å²) in [6, 6.07) is 0. The monoisotopic (exact) mass is 532 g/mol. The molecule has 1 saturated carbocycles. The number of hydrogen-bond acceptors (Lipinski definition) is 4. The lowest BCUT2D eigenvalue weighted by atomic mass is 9.83. The maximum atomic E-state index is 5.35. The van der Waals surface area contributed by atoms with Crippen molar-refractivity contribution >= 4 is 29.9 Å². The molecule has 1 aliphatic carbocycles. The Morgan fingerprint density at radius 1 is 1.13 bits per heavy atom. The Morgan fingerprint density at radius 2 is 1.97 bits per heavy atom. The smallest absolute Gasteiger partial charge is 0.191 e. The van der Waals surface area contributed by atoms with Crippen LogP contribution in [0.3, 0.4) is 0 Å². The molecule has 1 aromatic rings. The van der Waals surface area contributed by atoms with Gasteiger partial charge in [-0.05, 0) is 50.9 Å². The molecule has 0 amide bonds. The summed E-state index contributed by atoms with van der Waals surface area (Å²) in [6.07, 6.45) is 13.2. The number of guanidine groups is 1. The van der Waals surface area contributed by atoms with Crippen molar-refractivity contribution in [3.8, 4) is 0 Å². The van der Waals surface area contributed by atoms with Crippen LogP contribution in [0.2, 0.25) is 0 Å². The van der Waals surface area contributed by atoms with E-state index in [4.69, 9.17) is 9.73 Å². The van der Waals surface area contributed by atoms with E-state index in [1.807, 2.05) is 0 Å². The Kier molecular flexibility index (Phi) is 11.4. The summed E-state index contributed by atoms with van der Waals surface area (Å²) in [5.74, 6) is 3.27. The first kappa shape index (κ1) is 25.4. The fourth-order valence-electron chi connectivity index (χ4n) is 4.70. The Morgan fingerprint density at radius 3 is 2.73 bits per heavy atom. The van der Waals surface area contributed by atoms with Gasteiger partial charge in [-0.2, -0.15) is 0 Å². The molecule has 3 rings (SSSR count). The molecule has 2 N–H and O–H groups in total. The zero-order valence-corrected chi connectivity index (χ0v) is 21.2. The first-order valence-electron chi connectivity index (χ1n) is 11.7.